The second-order valence-corrected chi connectivity index (χ2v) is 7.26. The van der Waals surface area contributed by atoms with Crippen LogP contribution in [0, 0.1) is 0 Å². The topological polar surface area (TPSA) is 59.8 Å². The molecule has 0 saturated carbocycles. The number of hydrogen-bond acceptors (Lipinski definition) is 4. The van der Waals surface area contributed by atoms with Gasteiger partial charge in [-0.15, -0.1) is 10.2 Å². The van der Waals surface area contributed by atoms with Gasteiger partial charge in [0.1, 0.15) is 0 Å². The first-order valence-electron chi connectivity index (χ1n) is 8.58. The van der Waals surface area contributed by atoms with Gasteiger partial charge in [-0.25, -0.2) is 0 Å². The highest BCUT2D eigenvalue weighted by atomic mass is 35.5. The third kappa shape index (κ3) is 4.91. The van der Waals surface area contributed by atoms with E-state index < -0.39 is 11.7 Å². The molecule has 0 spiro atoms. The van der Waals surface area contributed by atoms with Gasteiger partial charge in [0.15, 0.2) is 11.0 Å². The summed E-state index contributed by atoms with van der Waals surface area (Å²) in [6, 6.07) is 11.7. The summed E-state index contributed by atoms with van der Waals surface area (Å²) in [6.45, 7) is 2.27. The molecule has 0 saturated heterocycles. The summed E-state index contributed by atoms with van der Waals surface area (Å²) < 4.78 is 41.1. The lowest BCUT2D eigenvalue weighted by Gasteiger charge is -2.13. The number of rotatable bonds is 6. The maximum atomic E-state index is 13.2. The molecule has 1 heterocycles. The molecule has 0 aliphatic heterocycles. The molecule has 152 valence electrons. The summed E-state index contributed by atoms with van der Waals surface area (Å²) in [5, 5.41) is 11.6. The predicted octanol–water partition coefficient (Wildman–Crippen LogP) is 4.83. The quantitative estimate of drug-likeness (QED) is 0.557. The van der Waals surface area contributed by atoms with Crippen LogP contribution in [0.15, 0.2) is 53.7 Å². The van der Waals surface area contributed by atoms with E-state index in [0.29, 0.717) is 17.1 Å². The average molecular weight is 441 g/mol. The van der Waals surface area contributed by atoms with Gasteiger partial charge in [-0.2, -0.15) is 13.2 Å². The van der Waals surface area contributed by atoms with Crippen LogP contribution in [0.5, 0.6) is 0 Å². The van der Waals surface area contributed by atoms with Crippen LogP contribution in [0.2, 0.25) is 5.02 Å². The fourth-order valence-corrected chi connectivity index (χ4v) is 3.61. The van der Waals surface area contributed by atoms with Crippen LogP contribution in [0.1, 0.15) is 12.5 Å². The Kier molecular flexibility index (Phi) is 6.49. The van der Waals surface area contributed by atoms with Gasteiger partial charge < -0.3 is 5.32 Å². The summed E-state index contributed by atoms with van der Waals surface area (Å²) in [6.07, 6.45) is -4.50. The lowest BCUT2D eigenvalue weighted by molar-refractivity contribution is -0.137. The normalized spacial score (nSPS) is 11.5. The molecule has 0 aliphatic carbocycles. The zero-order valence-electron chi connectivity index (χ0n) is 15.2. The Morgan fingerprint density at radius 2 is 1.93 bits per heavy atom. The van der Waals surface area contributed by atoms with Crippen molar-refractivity contribution in [3.8, 4) is 17.1 Å². The van der Waals surface area contributed by atoms with Crippen LogP contribution >= 0.6 is 23.4 Å². The molecule has 3 rings (SSSR count). The molecule has 5 nitrogen and oxygen atoms in total. The van der Waals surface area contributed by atoms with Crippen molar-refractivity contribution in [3.63, 3.8) is 0 Å². The Bertz CT molecular complexity index is 1020. The smallest absolute Gasteiger partial charge is 0.356 e. The highest BCUT2D eigenvalue weighted by molar-refractivity contribution is 7.99. The second kappa shape index (κ2) is 8.87. The fraction of sp³-hybridized carbons (Fsp3) is 0.211. The molecular weight excluding hydrogens is 425 g/mol. The molecule has 3 aromatic rings. The first-order chi connectivity index (χ1) is 13.8. The lowest BCUT2D eigenvalue weighted by Crippen LogP contribution is -2.24. The number of benzene rings is 2. The Morgan fingerprint density at radius 1 is 1.17 bits per heavy atom. The highest BCUT2D eigenvalue weighted by Gasteiger charge is 2.31. The molecule has 1 N–H and O–H groups in total. The van der Waals surface area contributed by atoms with Gasteiger partial charge in [-0.05, 0) is 37.3 Å². The molecule has 1 amide bonds. The van der Waals surface area contributed by atoms with E-state index in [1.165, 1.54) is 16.7 Å². The zero-order chi connectivity index (χ0) is 21.0. The standard InChI is InChI=1S/C19H16ClF3N4OS/c1-2-24-16(28)11-29-18-26-25-17(14-8-3-4-9-15(14)20)27(18)13-7-5-6-12(10-13)19(21,22)23/h3-10H,2,11H2,1H3,(H,24,28). The number of halogens is 4. The van der Waals surface area contributed by atoms with E-state index in [4.69, 9.17) is 11.6 Å². The lowest BCUT2D eigenvalue weighted by atomic mass is 10.1. The molecule has 0 aliphatic rings. The number of carbonyl (C=O) groups excluding carboxylic acids is 1. The largest absolute Gasteiger partial charge is 0.416 e. The van der Waals surface area contributed by atoms with E-state index in [9.17, 15) is 18.0 Å². The minimum atomic E-state index is -4.50. The molecule has 1 aromatic heterocycles. The summed E-state index contributed by atoms with van der Waals surface area (Å²) >= 11 is 7.35. The Labute approximate surface area is 174 Å². The van der Waals surface area contributed by atoms with E-state index in [2.05, 4.69) is 15.5 Å². The van der Waals surface area contributed by atoms with Crippen molar-refractivity contribution in [1.29, 1.82) is 0 Å². The number of aromatic nitrogens is 3. The van der Waals surface area contributed by atoms with Gasteiger partial charge in [0.05, 0.1) is 22.0 Å². The highest BCUT2D eigenvalue weighted by Crippen LogP contribution is 2.34. The number of alkyl halides is 3. The van der Waals surface area contributed by atoms with E-state index >= 15 is 0 Å². The third-order valence-electron chi connectivity index (χ3n) is 3.89. The van der Waals surface area contributed by atoms with Crippen molar-refractivity contribution in [2.75, 3.05) is 12.3 Å². The molecule has 2 aromatic carbocycles. The molecule has 0 atom stereocenters. The van der Waals surface area contributed by atoms with Crippen LogP contribution in [0.3, 0.4) is 0 Å². The van der Waals surface area contributed by atoms with Crippen molar-refractivity contribution in [2.45, 2.75) is 18.3 Å². The first-order valence-corrected chi connectivity index (χ1v) is 9.95. The van der Waals surface area contributed by atoms with Crippen molar-refractivity contribution in [2.24, 2.45) is 0 Å². The zero-order valence-corrected chi connectivity index (χ0v) is 16.8. The summed E-state index contributed by atoms with van der Waals surface area (Å²) in [4.78, 5) is 11.8. The van der Waals surface area contributed by atoms with Crippen molar-refractivity contribution in [3.05, 3.63) is 59.1 Å². The molecule has 0 radical (unpaired) electrons. The fourth-order valence-electron chi connectivity index (χ4n) is 2.61. The maximum absolute atomic E-state index is 13.2. The van der Waals surface area contributed by atoms with Crippen LogP contribution in [0.4, 0.5) is 13.2 Å². The van der Waals surface area contributed by atoms with Crippen molar-refractivity contribution >= 4 is 29.3 Å². The summed E-state index contributed by atoms with van der Waals surface area (Å²) in [7, 11) is 0. The maximum Gasteiger partial charge on any atom is 0.416 e. The number of carbonyl (C=O) groups is 1. The number of nitrogens with zero attached hydrogens (tertiary/aromatic N) is 3. The van der Waals surface area contributed by atoms with Gasteiger partial charge in [0, 0.05) is 12.1 Å². The van der Waals surface area contributed by atoms with Crippen molar-refractivity contribution in [1.82, 2.24) is 20.1 Å². The van der Waals surface area contributed by atoms with E-state index in [1.54, 1.807) is 31.2 Å². The second-order valence-electron chi connectivity index (χ2n) is 5.91. The number of thioether (sulfide) groups is 1. The molecule has 0 fully saturated rings. The Balaban J connectivity index is 2.10. The molecule has 0 unspecified atom stereocenters. The van der Waals surface area contributed by atoms with Crippen molar-refractivity contribution < 1.29 is 18.0 Å². The van der Waals surface area contributed by atoms with Gasteiger partial charge in [0.25, 0.3) is 0 Å². The van der Waals surface area contributed by atoms with E-state index in [1.807, 2.05) is 0 Å². The number of hydrogen-bond donors (Lipinski definition) is 1. The Hall–Kier alpha value is -2.52. The van der Waals surface area contributed by atoms with Gasteiger partial charge in [-0.3, -0.25) is 9.36 Å². The molecular formula is C19H16ClF3N4OS. The Morgan fingerprint density at radius 3 is 2.62 bits per heavy atom. The monoisotopic (exact) mass is 440 g/mol. The molecule has 10 heteroatoms. The van der Waals surface area contributed by atoms with Crippen LogP contribution in [-0.2, 0) is 11.0 Å². The average Bonchev–Trinajstić information content (AvgIpc) is 3.10. The summed E-state index contributed by atoms with van der Waals surface area (Å²) in [5.74, 6) is 0.122. The van der Waals surface area contributed by atoms with Gasteiger partial charge in [0.2, 0.25) is 5.91 Å². The SMILES string of the molecule is CCNC(=O)CSc1nnc(-c2ccccc2Cl)n1-c1cccc(C(F)(F)F)c1. The van der Waals surface area contributed by atoms with Crippen LogP contribution in [0.25, 0.3) is 17.1 Å². The number of nitrogens with one attached hydrogen (secondary N) is 1. The van der Waals surface area contributed by atoms with E-state index in [-0.39, 0.29) is 28.3 Å². The van der Waals surface area contributed by atoms with Gasteiger partial charge >= 0.3 is 6.18 Å². The van der Waals surface area contributed by atoms with Crippen LogP contribution in [-0.4, -0.2) is 33.0 Å². The van der Waals surface area contributed by atoms with Crippen LogP contribution < -0.4 is 5.32 Å². The minimum Gasteiger partial charge on any atom is -0.356 e. The minimum absolute atomic E-state index is 0.0491. The van der Waals surface area contributed by atoms with Gasteiger partial charge in [-0.1, -0.05) is 41.6 Å². The summed E-state index contributed by atoms with van der Waals surface area (Å²) in [5.41, 5.74) is -0.0597. The molecule has 0 bridgehead atoms. The number of amides is 1. The molecule has 29 heavy (non-hydrogen) atoms. The third-order valence-corrected chi connectivity index (χ3v) is 5.14. The van der Waals surface area contributed by atoms with E-state index in [0.717, 1.165) is 23.9 Å². The predicted molar refractivity (Wildman–Crippen MR) is 106 cm³/mol. The first kappa shape index (κ1) is 21.2.